The second-order valence-electron chi connectivity index (χ2n) is 3.06. The van der Waals surface area contributed by atoms with Crippen LogP contribution in [0.1, 0.15) is 0 Å². The highest BCUT2D eigenvalue weighted by atomic mass is 32.1. The predicted octanol–water partition coefficient (Wildman–Crippen LogP) is 1.57. The lowest BCUT2D eigenvalue weighted by atomic mass is 10.3. The van der Waals surface area contributed by atoms with Gasteiger partial charge < -0.3 is 20.6 Å². The minimum absolute atomic E-state index is 0. The van der Waals surface area contributed by atoms with Crippen LogP contribution in [-0.4, -0.2) is 28.8 Å². The number of rotatable bonds is 3. The summed E-state index contributed by atoms with van der Waals surface area (Å²) in [5, 5.41) is 0. The number of esters is 1. The summed E-state index contributed by atoms with van der Waals surface area (Å²) in [6, 6.07) is 5.52. The van der Waals surface area contributed by atoms with Gasteiger partial charge in [0.2, 0.25) is 0 Å². The van der Waals surface area contributed by atoms with E-state index in [0.29, 0.717) is 11.3 Å². The van der Waals surface area contributed by atoms with Crippen molar-refractivity contribution in [1.82, 2.24) is 16.1 Å². The quantitative estimate of drug-likeness (QED) is 0.571. The average molecular weight is 255 g/mol. The largest absolute Gasteiger partial charge is 0.497 e. The molecule has 0 fully saturated rings. The number of nitrogens with one attached hydrogen (secondary N) is 1. The normalized spacial score (nSPS) is 9.76. The SMILES string of the molecule is COc1ccc2[nH]c(OC(=O)CS)nc2c1.N. The Balaban J connectivity index is 0.00000144. The van der Waals surface area contributed by atoms with Crippen molar-refractivity contribution >= 4 is 29.6 Å². The molecule has 0 aliphatic carbocycles. The number of carbonyl (C=O) groups excluding carboxylic acids is 1. The van der Waals surface area contributed by atoms with Crippen LogP contribution in [0.4, 0.5) is 0 Å². The van der Waals surface area contributed by atoms with Gasteiger partial charge in [0.1, 0.15) is 5.75 Å². The van der Waals surface area contributed by atoms with Crippen LogP contribution in [0.15, 0.2) is 18.2 Å². The molecule has 0 atom stereocenters. The van der Waals surface area contributed by atoms with Gasteiger partial charge in [-0.15, -0.1) is 0 Å². The van der Waals surface area contributed by atoms with Crippen molar-refractivity contribution in [3.63, 3.8) is 0 Å². The molecule has 0 aliphatic rings. The Morgan fingerprint density at radius 3 is 2.94 bits per heavy atom. The molecule has 0 saturated heterocycles. The van der Waals surface area contributed by atoms with Crippen molar-refractivity contribution in [2.45, 2.75) is 0 Å². The van der Waals surface area contributed by atoms with Crippen LogP contribution in [-0.2, 0) is 4.79 Å². The van der Waals surface area contributed by atoms with E-state index in [1.165, 1.54) is 0 Å². The molecular formula is C10H13N3O3S. The molecule has 92 valence electrons. The van der Waals surface area contributed by atoms with Crippen LogP contribution < -0.4 is 15.6 Å². The Morgan fingerprint density at radius 1 is 1.53 bits per heavy atom. The number of aromatic amines is 1. The zero-order chi connectivity index (χ0) is 11.5. The van der Waals surface area contributed by atoms with Gasteiger partial charge in [-0.3, -0.25) is 4.79 Å². The molecule has 0 radical (unpaired) electrons. The molecule has 7 heteroatoms. The first-order valence-electron chi connectivity index (χ1n) is 4.58. The van der Waals surface area contributed by atoms with Gasteiger partial charge >= 0.3 is 12.0 Å². The summed E-state index contributed by atoms with van der Waals surface area (Å²) < 4.78 is 9.96. The van der Waals surface area contributed by atoms with E-state index in [1.807, 2.05) is 0 Å². The highest BCUT2D eigenvalue weighted by Crippen LogP contribution is 2.21. The molecule has 1 heterocycles. The lowest BCUT2D eigenvalue weighted by molar-refractivity contribution is -0.131. The van der Waals surface area contributed by atoms with E-state index in [-0.39, 0.29) is 17.9 Å². The van der Waals surface area contributed by atoms with E-state index in [0.717, 1.165) is 5.52 Å². The average Bonchev–Trinajstić information content (AvgIpc) is 2.69. The van der Waals surface area contributed by atoms with Crippen molar-refractivity contribution in [2.75, 3.05) is 12.9 Å². The second kappa shape index (κ2) is 5.55. The molecule has 0 amide bonds. The molecule has 2 rings (SSSR count). The Labute approximate surface area is 103 Å². The van der Waals surface area contributed by atoms with Crippen molar-refractivity contribution in [3.05, 3.63) is 18.2 Å². The van der Waals surface area contributed by atoms with Crippen LogP contribution >= 0.6 is 12.6 Å². The number of aromatic nitrogens is 2. The van der Waals surface area contributed by atoms with Gasteiger partial charge in [0.05, 0.1) is 23.9 Å². The van der Waals surface area contributed by atoms with Gasteiger partial charge in [-0.25, -0.2) is 0 Å². The van der Waals surface area contributed by atoms with Gasteiger partial charge in [-0.2, -0.15) is 17.6 Å². The molecular weight excluding hydrogens is 242 g/mol. The maximum absolute atomic E-state index is 11.0. The number of carbonyl (C=O) groups is 1. The molecule has 6 nitrogen and oxygen atoms in total. The molecule has 0 saturated carbocycles. The molecule has 2 aromatic rings. The summed E-state index contributed by atoms with van der Waals surface area (Å²) in [4.78, 5) is 18.0. The molecule has 17 heavy (non-hydrogen) atoms. The Morgan fingerprint density at radius 2 is 2.29 bits per heavy atom. The van der Waals surface area contributed by atoms with Crippen molar-refractivity contribution in [3.8, 4) is 11.8 Å². The minimum atomic E-state index is -0.450. The fraction of sp³-hybridized carbons (Fsp3) is 0.200. The maximum Gasteiger partial charge on any atom is 0.323 e. The third-order valence-electron chi connectivity index (χ3n) is 2.01. The standard InChI is InChI=1S/C10H10N2O3S.H3N/c1-14-6-2-3-7-8(4-6)12-10(11-7)15-9(13)5-16;/h2-4,16H,5H2,1H3,(H,11,12);1H3. The van der Waals surface area contributed by atoms with Crippen LogP contribution in [0.3, 0.4) is 0 Å². The lowest BCUT2D eigenvalue weighted by Gasteiger charge is -1.96. The highest BCUT2D eigenvalue weighted by Gasteiger charge is 2.08. The number of thiol groups is 1. The van der Waals surface area contributed by atoms with Crippen LogP contribution in [0.2, 0.25) is 0 Å². The van der Waals surface area contributed by atoms with E-state index in [9.17, 15) is 4.79 Å². The number of H-pyrrole nitrogens is 1. The molecule has 0 unspecified atom stereocenters. The monoisotopic (exact) mass is 255 g/mol. The maximum atomic E-state index is 11.0. The molecule has 0 spiro atoms. The zero-order valence-electron chi connectivity index (χ0n) is 9.27. The minimum Gasteiger partial charge on any atom is -0.497 e. The number of fused-ring (bicyclic) bond motifs is 1. The van der Waals surface area contributed by atoms with Gasteiger partial charge in [-0.05, 0) is 12.1 Å². The Kier molecular flexibility index (Phi) is 4.36. The van der Waals surface area contributed by atoms with Gasteiger partial charge in [0, 0.05) is 6.07 Å². The summed E-state index contributed by atoms with van der Waals surface area (Å²) in [6.45, 7) is 0. The van der Waals surface area contributed by atoms with Gasteiger partial charge in [0.25, 0.3) is 0 Å². The Hall–Kier alpha value is -1.73. The number of ether oxygens (including phenoxy) is 2. The third kappa shape index (κ3) is 2.89. The number of benzene rings is 1. The Bertz CT molecular complexity index is 526. The van der Waals surface area contributed by atoms with Crippen LogP contribution in [0, 0.1) is 0 Å². The predicted molar refractivity (Wildman–Crippen MR) is 67.2 cm³/mol. The van der Waals surface area contributed by atoms with Gasteiger partial charge in [0.15, 0.2) is 0 Å². The number of hydrogen-bond acceptors (Lipinski definition) is 6. The molecule has 0 bridgehead atoms. The smallest absolute Gasteiger partial charge is 0.323 e. The van der Waals surface area contributed by atoms with Crippen molar-refractivity contribution in [2.24, 2.45) is 0 Å². The topological polar surface area (TPSA) is 99.2 Å². The highest BCUT2D eigenvalue weighted by molar-refractivity contribution is 7.81. The molecule has 4 N–H and O–H groups in total. The summed E-state index contributed by atoms with van der Waals surface area (Å²) in [6.07, 6.45) is 0. The van der Waals surface area contributed by atoms with E-state index in [4.69, 9.17) is 9.47 Å². The summed E-state index contributed by atoms with van der Waals surface area (Å²) in [5.74, 6) is 0.265. The van der Waals surface area contributed by atoms with Crippen LogP contribution in [0.5, 0.6) is 11.8 Å². The zero-order valence-corrected chi connectivity index (χ0v) is 10.2. The number of hydrogen-bond donors (Lipinski definition) is 3. The number of imidazole rings is 1. The fourth-order valence-electron chi connectivity index (χ4n) is 1.28. The second-order valence-corrected chi connectivity index (χ2v) is 3.37. The third-order valence-corrected chi connectivity index (χ3v) is 2.27. The van der Waals surface area contributed by atoms with E-state index in [2.05, 4.69) is 22.6 Å². The summed E-state index contributed by atoms with van der Waals surface area (Å²) >= 11 is 3.80. The summed E-state index contributed by atoms with van der Waals surface area (Å²) in [7, 11) is 1.58. The molecule has 0 aliphatic heterocycles. The van der Waals surface area contributed by atoms with E-state index < -0.39 is 5.97 Å². The first-order chi connectivity index (χ1) is 7.72. The lowest BCUT2D eigenvalue weighted by Crippen LogP contribution is -2.09. The first kappa shape index (κ1) is 13.3. The van der Waals surface area contributed by atoms with Crippen LogP contribution in [0.25, 0.3) is 11.0 Å². The first-order valence-corrected chi connectivity index (χ1v) is 5.21. The fourth-order valence-corrected chi connectivity index (χ4v) is 1.34. The van der Waals surface area contributed by atoms with E-state index in [1.54, 1.807) is 25.3 Å². The molecule has 1 aromatic heterocycles. The number of methoxy groups -OCH3 is 1. The van der Waals surface area contributed by atoms with Crippen molar-refractivity contribution in [1.29, 1.82) is 0 Å². The molecule has 1 aromatic carbocycles. The number of nitrogens with zero attached hydrogens (tertiary/aromatic N) is 1. The van der Waals surface area contributed by atoms with E-state index >= 15 is 0 Å². The summed E-state index contributed by atoms with van der Waals surface area (Å²) in [5.41, 5.74) is 1.46. The van der Waals surface area contributed by atoms with Crippen molar-refractivity contribution < 1.29 is 14.3 Å². The van der Waals surface area contributed by atoms with Gasteiger partial charge in [-0.1, -0.05) is 0 Å².